The van der Waals surface area contributed by atoms with Gasteiger partial charge < -0.3 is 9.47 Å². The fourth-order valence-electron chi connectivity index (χ4n) is 1.41. The molecule has 83 valence electrons. The molecule has 0 amide bonds. The van der Waals surface area contributed by atoms with Crippen LogP contribution in [0.4, 0.5) is 0 Å². The molecule has 1 radical (unpaired) electrons. The Labute approximate surface area is 85.8 Å². The maximum atomic E-state index is 10.1. The smallest absolute Gasteiger partial charge is 0.0991 e. The third-order valence-electron chi connectivity index (χ3n) is 2.31. The molecular formula is C10H20NO3. The van der Waals surface area contributed by atoms with Crippen LogP contribution >= 0.6 is 0 Å². The minimum atomic E-state index is 0.0451. The molecule has 1 aliphatic rings. The third-order valence-corrected chi connectivity index (χ3v) is 2.31. The molecule has 1 rings (SSSR count). The lowest BCUT2D eigenvalue weighted by molar-refractivity contribution is -0.0334. The van der Waals surface area contributed by atoms with Gasteiger partial charge in [-0.3, -0.25) is 4.90 Å². The maximum Gasteiger partial charge on any atom is 0.0991 e. The SMILES string of the molecule is [O]CCCCCOCN1CCOCC1. The zero-order valence-corrected chi connectivity index (χ0v) is 8.74. The highest BCUT2D eigenvalue weighted by molar-refractivity contribution is 4.57. The maximum absolute atomic E-state index is 10.1. The Balaban J connectivity index is 1.82. The van der Waals surface area contributed by atoms with Crippen LogP contribution in [0.15, 0.2) is 0 Å². The van der Waals surface area contributed by atoms with Crippen LogP contribution in [0, 0.1) is 0 Å². The summed E-state index contributed by atoms with van der Waals surface area (Å²) in [5.41, 5.74) is 0. The summed E-state index contributed by atoms with van der Waals surface area (Å²) in [4.78, 5) is 2.25. The van der Waals surface area contributed by atoms with Crippen molar-refractivity contribution in [1.82, 2.24) is 4.90 Å². The number of rotatable bonds is 7. The van der Waals surface area contributed by atoms with Crippen LogP contribution in [0.1, 0.15) is 19.3 Å². The normalized spacial score (nSPS) is 18.6. The summed E-state index contributed by atoms with van der Waals surface area (Å²) in [5.74, 6) is 0. The lowest BCUT2D eigenvalue weighted by Crippen LogP contribution is -2.37. The van der Waals surface area contributed by atoms with Crippen LogP contribution in [0.25, 0.3) is 0 Å². The molecule has 4 heteroatoms. The van der Waals surface area contributed by atoms with Gasteiger partial charge in [-0.1, -0.05) is 0 Å². The van der Waals surface area contributed by atoms with Crippen molar-refractivity contribution in [1.29, 1.82) is 0 Å². The first-order chi connectivity index (χ1) is 6.93. The van der Waals surface area contributed by atoms with E-state index in [1.165, 1.54) is 0 Å². The summed E-state index contributed by atoms with van der Waals surface area (Å²) < 4.78 is 10.7. The molecule has 0 aromatic heterocycles. The lowest BCUT2D eigenvalue weighted by atomic mass is 10.2. The summed E-state index contributed by atoms with van der Waals surface area (Å²) in [5, 5.41) is 10.1. The Kier molecular flexibility index (Phi) is 6.95. The van der Waals surface area contributed by atoms with Crippen molar-refractivity contribution in [3.63, 3.8) is 0 Å². The van der Waals surface area contributed by atoms with Crippen molar-refractivity contribution in [2.75, 3.05) is 46.2 Å². The predicted molar refractivity (Wildman–Crippen MR) is 52.6 cm³/mol. The molecule has 1 fully saturated rings. The third kappa shape index (κ3) is 5.54. The average Bonchev–Trinajstić information content (AvgIpc) is 2.25. The number of morpholine rings is 1. The van der Waals surface area contributed by atoms with Crippen LogP contribution in [0.3, 0.4) is 0 Å². The molecule has 0 aliphatic carbocycles. The summed E-state index contributed by atoms with van der Waals surface area (Å²) in [6.07, 6.45) is 2.78. The van der Waals surface area contributed by atoms with E-state index in [4.69, 9.17) is 9.47 Å². The summed E-state index contributed by atoms with van der Waals surface area (Å²) >= 11 is 0. The number of hydrogen-bond acceptors (Lipinski definition) is 3. The minimum absolute atomic E-state index is 0.0451. The Morgan fingerprint density at radius 3 is 2.64 bits per heavy atom. The van der Waals surface area contributed by atoms with Gasteiger partial charge in [0, 0.05) is 19.7 Å². The molecule has 0 unspecified atom stereocenters. The van der Waals surface area contributed by atoms with Gasteiger partial charge in [0.15, 0.2) is 0 Å². The molecule has 0 N–H and O–H groups in total. The number of hydrogen-bond donors (Lipinski definition) is 0. The molecule has 0 aromatic rings. The Hall–Kier alpha value is -0.160. The van der Waals surface area contributed by atoms with Crippen LogP contribution < -0.4 is 0 Å². The molecule has 0 aromatic carbocycles. The summed E-state index contributed by atoms with van der Waals surface area (Å²) in [6, 6.07) is 0. The van der Waals surface area contributed by atoms with Crippen molar-refractivity contribution >= 4 is 0 Å². The van der Waals surface area contributed by atoms with Crippen molar-refractivity contribution in [2.24, 2.45) is 0 Å². The van der Waals surface area contributed by atoms with E-state index in [0.29, 0.717) is 6.73 Å². The second-order valence-electron chi connectivity index (χ2n) is 3.53. The Bertz CT molecular complexity index is 127. The molecule has 1 aliphatic heterocycles. The number of ether oxygens (including phenoxy) is 2. The molecule has 0 atom stereocenters. The predicted octanol–water partition coefficient (Wildman–Crippen LogP) is 0.893. The quantitative estimate of drug-likeness (QED) is 0.576. The van der Waals surface area contributed by atoms with E-state index < -0.39 is 0 Å². The van der Waals surface area contributed by atoms with Crippen LogP contribution in [0.5, 0.6) is 0 Å². The van der Waals surface area contributed by atoms with Crippen LogP contribution in [-0.4, -0.2) is 51.1 Å². The highest BCUT2D eigenvalue weighted by Crippen LogP contribution is 1.99. The molecule has 14 heavy (non-hydrogen) atoms. The van der Waals surface area contributed by atoms with Crippen molar-refractivity contribution in [3.8, 4) is 0 Å². The minimum Gasteiger partial charge on any atom is -0.379 e. The standard InChI is InChI=1S/C10H20NO3/c12-6-2-1-3-7-14-10-11-4-8-13-9-5-11/h1-10H2. The Morgan fingerprint density at radius 2 is 1.93 bits per heavy atom. The van der Waals surface area contributed by atoms with Gasteiger partial charge >= 0.3 is 0 Å². The monoisotopic (exact) mass is 202 g/mol. The average molecular weight is 202 g/mol. The lowest BCUT2D eigenvalue weighted by Gasteiger charge is -2.26. The molecule has 0 spiro atoms. The van der Waals surface area contributed by atoms with Gasteiger partial charge in [0.25, 0.3) is 0 Å². The molecule has 0 saturated carbocycles. The van der Waals surface area contributed by atoms with E-state index in [1.54, 1.807) is 0 Å². The van der Waals surface area contributed by atoms with Crippen LogP contribution in [0.2, 0.25) is 0 Å². The van der Waals surface area contributed by atoms with Crippen LogP contribution in [-0.2, 0) is 14.6 Å². The van der Waals surface area contributed by atoms with Crippen molar-refractivity contribution in [2.45, 2.75) is 19.3 Å². The second-order valence-corrected chi connectivity index (χ2v) is 3.53. The highest BCUT2D eigenvalue weighted by atomic mass is 16.5. The van der Waals surface area contributed by atoms with E-state index in [-0.39, 0.29) is 6.61 Å². The zero-order chi connectivity index (χ0) is 10.1. The van der Waals surface area contributed by atoms with Gasteiger partial charge in [-0.15, -0.1) is 0 Å². The van der Waals surface area contributed by atoms with Gasteiger partial charge in [-0.05, 0) is 19.3 Å². The molecule has 1 heterocycles. The van der Waals surface area contributed by atoms with E-state index in [0.717, 1.165) is 52.2 Å². The van der Waals surface area contributed by atoms with E-state index in [9.17, 15) is 5.11 Å². The fraction of sp³-hybridized carbons (Fsp3) is 1.00. The van der Waals surface area contributed by atoms with Gasteiger partial charge in [0.05, 0.1) is 26.6 Å². The number of unbranched alkanes of at least 4 members (excludes halogenated alkanes) is 2. The number of nitrogens with zero attached hydrogens (tertiary/aromatic N) is 1. The molecule has 4 nitrogen and oxygen atoms in total. The van der Waals surface area contributed by atoms with E-state index in [2.05, 4.69) is 4.90 Å². The summed E-state index contributed by atoms with van der Waals surface area (Å²) in [7, 11) is 0. The molecule has 1 saturated heterocycles. The van der Waals surface area contributed by atoms with Crippen molar-refractivity contribution < 1.29 is 14.6 Å². The highest BCUT2D eigenvalue weighted by Gasteiger charge is 2.09. The molecular weight excluding hydrogens is 182 g/mol. The van der Waals surface area contributed by atoms with E-state index >= 15 is 0 Å². The molecule has 0 bridgehead atoms. The van der Waals surface area contributed by atoms with Gasteiger partial charge in [0.2, 0.25) is 0 Å². The largest absolute Gasteiger partial charge is 0.379 e. The topological polar surface area (TPSA) is 41.6 Å². The first-order valence-corrected chi connectivity index (χ1v) is 5.39. The first kappa shape index (κ1) is 11.9. The second kappa shape index (κ2) is 8.17. The van der Waals surface area contributed by atoms with E-state index in [1.807, 2.05) is 0 Å². The van der Waals surface area contributed by atoms with Crippen molar-refractivity contribution in [3.05, 3.63) is 0 Å². The van der Waals surface area contributed by atoms with Gasteiger partial charge in [-0.2, -0.15) is 0 Å². The first-order valence-electron chi connectivity index (χ1n) is 5.39. The van der Waals surface area contributed by atoms with Gasteiger partial charge in [0.1, 0.15) is 0 Å². The van der Waals surface area contributed by atoms with Gasteiger partial charge in [-0.25, -0.2) is 5.11 Å². The Morgan fingerprint density at radius 1 is 1.14 bits per heavy atom. The fourth-order valence-corrected chi connectivity index (χ4v) is 1.41. The summed E-state index contributed by atoms with van der Waals surface area (Å²) in [6.45, 7) is 5.11. The zero-order valence-electron chi connectivity index (χ0n) is 8.74.